The quantitative estimate of drug-likeness (QED) is 0.768. The van der Waals surface area contributed by atoms with E-state index in [1.165, 1.54) is 0 Å². The summed E-state index contributed by atoms with van der Waals surface area (Å²) >= 11 is 6.07. The van der Waals surface area contributed by atoms with E-state index in [-0.39, 0.29) is 0 Å². The van der Waals surface area contributed by atoms with E-state index >= 15 is 0 Å². The Morgan fingerprint density at radius 3 is 2.79 bits per heavy atom. The van der Waals surface area contributed by atoms with Crippen LogP contribution in [0.2, 0.25) is 5.02 Å². The molecular formula is C11H13ClN2. The molecule has 1 aromatic carbocycles. The van der Waals surface area contributed by atoms with Crippen LogP contribution >= 0.6 is 11.6 Å². The van der Waals surface area contributed by atoms with Crippen LogP contribution in [0.3, 0.4) is 0 Å². The van der Waals surface area contributed by atoms with Crippen LogP contribution in [0.5, 0.6) is 0 Å². The Morgan fingerprint density at radius 2 is 2.21 bits per heavy atom. The number of nitrogens with one attached hydrogen (secondary N) is 1. The molecule has 0 aromatic heterocycles. The largest absolute Gasteiger partial charge is 0.375 e. The number of halogens is 1. The highest BCUT2D eigenvalue weighted by atomic mass is 35.5. The first-order valence-electron chi connectivity index (χ1n) is 4.30. The molecule has 0 bridgehead atoms. The van der Waals surface area contributed by atoms with E-state index in [1.54, 1.807) is 0 Å². The van der Waals surface area contributed by atoms with E-state index in [4.69, 9.17) is 18.0 Å². The maximum absolute atomic E-state index is 6.07. The van der Waals surface area contributed by atoms with Gasteiger partial charge in [-0.15, -0.1) is 6.42 Å². The van der Waals surface area contributed by atoms with Gasteiger partial charge in [-0.2, -0.15) is 0 Å². The molecule has 74 valence electrons. The van der Waals surface area contributed by atoms with Gasteiger partial charge in [0.15, 0.2) is 0 Å². The first kappa shape index (κ1) is 10.7. The lowest BCUT2D eigenvalue weighted by atomic mass is 10.2. The zero-order valence-electron chi connectivity index (χ0n) is 8.34. The van der Waals surface area contributed by atoms with E-state index in [0.717, 1.165) is 16.4 Å². The van der Waals surface area contributed by atoms with Gasteiger partial charge in [0.05, 0.1) is 22.9 Å². The molecule has 1 rings (SSSR count). The minimum atomic E-state index is 0.501. The van der Waals surface area contributed by atoms with Gasteiger partial charge in [-0.1, -0.05) is 23.6 Å². The van der Waals surface area contributed by atoms with Crippen LogP contribution in [0.15, 0.2) is 18.2 Å². The van der Waals surface area contributed by atoms with E-state index in [1.807, 2.05) is 37.2 Å². The fourth-order valence-electron chi connectivity index (χ4n) is 1.26. The summed E-state index contributed by atoms with van der Waals surface area (Å²) in [6, 6.07) is 5.71. The number of hydrogen-bond donors (Lipinski definition) is 1. The SMILES string of the molecule is C#CCNc1cccc(Cl)c1N(C)C. The van der Waals surface area contributed by atoms with E-state index in [9.17, 15) is 0 Å². The van der Waals surface area contributed by atoms with Crippen LogP contribution in [0, 0.1) is 12.3 Å². The van der Waals surface area contributed by atoms with Crippen LogP contribution in [0.4, 0.5) is 11.4 Å². The zero-order valence-corrected chi connectivity index (χ0v) is 9.10. The summed E-state index contributed by atoms with van der Waals surface area (Å²) < 4.78 is 0. The molecular weight excluding hydrogens is 196 g/mol. The average Bonchev–Trinajstić information content (AvgIpc) is 2.14. The van der Waals surface area contributed by atoms with Gasteiger partial charge in [0.25, 0.3) is 0 Å². The first-order chi connectivity index (χ1) is 6.66. The number of hydrogen-bond acceptors (Lipinski definition) is 2. The fourth-order valence-corrected chi connectivity index (χ4v) is 1.60. The van der Waals surface area contributed by atoms with Gasteiger partial charge in [0, 0.05) is 14.1 Å². The second kappa shape index (κ2) is 4.78. The van der Waals surface area contributed by atoms with Crippen LogP contribution in [-0.4, -0.2) is 20.6 Å². The van der Waals surface area contributed by atoms with Crippen molar-refractivity contribution in [3.05, 3.63) is 23.2 Å². The summed E-state index contributed by atoms with van der Waals surface area (Å²) in [5.41, 5.74) is 1.92. The third kappa shape index (κ3) is 2.34. The smallest absolute Gasteiger partial charge is 0.0786 e. The molecule has 14 heavy (non-hydrogen) atoms. The van der Waals surface area contributed by atoms with Gasteiger partial charge in [-0.25, -0.2) is 0 Å². The molecule has 1 aromatic rings. The van der Waals surface area contributed by atoms with Crippen LogP contribution in [0.1, 0.15) is 0 Å². The summed E-state index contributed by atoms with van der Waals surface area (Å²) in [4.78, 5) is 1.96. The van der Waals surface area contributed by atoms with Crippen molar-refractivity contribution in [1.82, 2.24) is 0 Å². The van der Waals surface area contributed by atoms with Crippen molar-refractivity contribution in [2.75, 3.05) is 30.9 Å². The molecule has 0 amide bonds. The molecule has 0 aliphatic rings. The summed E-state index contributed by atoms with van der Waals surface area (Å²) in [5, 5.41) is 3.84. The molecule has 0 saturated heterocycles. The van der Waals surface area contributed by atoms with Gasteiger partial charge in [-0.05, 0) is 12.1 Å². The predicted molar refractivity (Wildman–Crippen MR) is 63.1 cm³/mol. The topological polar surface area (TPSA) is 15.3 Å². The van der Waals surface area contributed by atoms with E-state index in [0.29, 0.717) is 6.54 Å². The number of benzene rings is 1. The highest BCUT2D eigenvalue weighted by molar-refractivity contribution is 6.34. The molecule has 2 nitrogen and oxygen atoms in total. The maximum atomic E-state index is 6.07. The Hall–Kier alpha value is -1.33. The Labute approximate surface area is 89.9 Å². The summed E-state index contributed by atoms with van der Waals surface area (Å²) in [7, 11) is 3.89. The summed E-state index contributed by atoms with van der Waals surface area (Å²) in [6.07, 6.45) is 5.18. The van der Waals surface area contributed by atoms with Gasteiger partial charge in [-0.3, -0.25) is 0 Å². The molecule has 0 radical (unpaired) electrons. The lowest BCUT2D eigenvalue weighted by Gasteiger charge is -2.19. The monoisotopic (exact) mass is 208 g/mol. The van der Waals surface area contributed by atoms with Crippen LogP contribution < -0.4 is 10.2 Å². The zero-order chi connectivity index (χ0) is 10.6. The molecule has 0 aliphatic heterocycles. The predicted octanol–water partition coefficient (Wildman–Crippen LogP) is 2.45. The molecule has 0 atom stereocenters. The molecule has 0 aliphatic carbocycles. The Bertz CT molecular complexity index is 353. The summed E-state index contributed by atoms with van der Waals surface area (Å²) in [5.74, 6) is 2.53. The minimum Gasteiger partial charge on any atom is -0.375 e. The third-order valence-electron chi connectivity index (χ3n) is 1.81. The van der Waals surface area contributed by atoms with Crippen molar-refractivity contribution < 1.29 is 0 Å². The van der Waals surface area contributed by atoms with Crippen molar-refractivity contribution in [2.45, 2.75) is 0 Å². The Kier molecular flexibility index (Phi) is 3.67. The molecule has 0 unspecified atom stereocenters. The lowest BCUT2D eigenvalue weighted by Crippen LogP contribution is -2.12. The fraction of sp³-hybridized carbons (Fsp3) is 0.273. The van der Waals surface area contributed by atoms with Crippen molar-refractivity contribution in [1.29, 1.82) is 0 Å². The number of anilines is 2. The Morgan fingerprint density at radius 1 is 1.50 bits per heavy atom. The maximum Gasteiger partial charge on any atom is 0.0786 e. The van der Waals surface area contributed by atoms with Crippen molar-refractivity contribution in [2.24, 2.45) is 0 Å². The Balaban J connectivity index is 3.03. The lowest BCUT2D eigenvalue weighted by molar-refractivity contribution is 1.13. The van der Waals surface area contributed by atoms with Crippen LogP contribution in [-0.2, 0) is 0 Å². The highest BCUT2D eigenvalue weighted by Gasteiger charge is 2.07. The third-order valence-corrected chi connectivity index (χ3v) is 2.12. The van der Waals surface area contributed by atoms with Crippen LogP contribution in [0.25, 0.3) is 0 Å². The van der Waals surface area contributed by atoms with E-state index in [2.05, 4.69) is 11.2 Å². The molecule has 0 heterocycles. The number of terminal acetylenes is 1. The minimum absolute atomic E-state index is 0.501. The van der Waals surface area contributed by atoms with Gasteiger partial charge >= 0.3 is 0 Å². The van der Waals surface area contributed by atoms with Gasteiger partial charge in [0.2, 0.25) is 0 Å². The molecule has 0 saturated carbocycles. The molecule has 1 N–H and O–H groups in total. The molecule has 3 heteroatoms. The average molecular weight is 209 g/mol. The standard InChI is InChI=1S/C11H13ClN2/c1-4-8-13-10-7-5-6-9(12)11(10)14(2)3/h1,5-7,13H,8H2,2-3H3. The number of nitrogens with zero attached hydrogens (tertiary/aromatic N) is 1. The van der Waals surface area contributed by atoms with Crippen molar-refractivity contribution in [3.8, 4) is 12.3 Å². The van der Waals surface area contributed by atoms with Crippen molar-refractivity contribution >= 4 is 23.0 Å². The van der Waals surface area contributed by atoms with Gasteiger partial charge < -0.3 is 10.2 Å². The first-order valence-corrected chi connectivity index (χ1v) is 4.67. The second-order valence-electron chi connectivity index (χ2n) is 3.09. The number of rotatable bonds is 3. The molecule has 0 spiro atoms. The number of para-hydroxylation sites is 1. The van der Waals surface area contributed by atoms with Gasteiger partial charge in [0.1, 0.15) is 0 Å². The molecule has 0 fully saturated rings. The highest BCUT2D eigenvalue weighted by Crippen LogP contribution is 2.32. The normalized spacial score (nSPS) is 9.29. The summed E-state index contributed by atoms with van der Waals surface area (Å²) in [6.45, 7) is 0.501. The second-order valence-corrected chi connectivity index (χ2v) is 3.50. The van der Waals surface area contributed by atoms with Crippen molar-refractivity contribution in [3.63, 3.8) is 0 Å². The van der Waals surface area contributed by atoms with E-state index < -0.39 is 0 Å².